The van der Waals surface area contributed by atoms with Crippen LogP contribution < -0.4 is 4.18 Å². The van der Waals surface area contributed by atoms with Crippen LogP contribution in [0.25, 0.3) is 0 Å². The van der Waals surface area contributed by atoms with Crippen molar-refractivity contribution in [3.8, 4) is 5.75 Å². The lowest BCUT2D eigenvalue weighted by Gasteiger charge is -2.23. The van der Waals surface area contributed by atoms with E-state index >= 15 is 0 Å². The van der Waals surface area contributed by atoms with Gasteiger partial charge in [-0.2, -0.15) is 8.42 Å². The predicted octanol–water partition coefficient (Wildman–Crippen LogP) is 1.16. The molecule has 0 aromatic heterocycles. The van der Waals surface area contributed by atoms with Crippen LogP contribution in [0.1, 0.15) is 18.4 Å². The van der Waals surface area contributed by atoms with Gasteiger partial charge in [-0.05, 0) is 18.9 Å². The number of nitrogens with zero attached hydrogens (tertiary/aromatic N) is 1. The van der Waals surface area contributed by atoms with Crippen LogP contribution >= 0.6 is 0 Å². The van der Waals surface area contributed by atoms with Crippen LogP contribution in [0.15, 0.2) is 24.3 Å². The number of para-hydroxylation sites is 1. The Balaban J connectivity index is 2.19. The molecule has 1 aromatic rings. The second kappa shape index (κ2) is 6.44. The predicted molar refractivity (Wildman–Crippen MR) is 77.4 cm³/mol. The van der Waals surface area contributed by atoms with E-state index in [1.54, 1.807) is 29.2 Å². The second-order valence-corrected chi connectivity index (χ2v) is 6.66. The molecule has 1 saturated carbocycles. The van der Waals surface area contributed by atoms with Gasteiger partial charge in [0.15, 0.2) is 0 Å². The molecule has 1 aromatic carbocycles. The van der Waals surface area contributed by atoms with Gasteiger partial charge in [0.2, 0.25) is 5.91 Å². The first kappa shape index (κ1) is 15.8. The van der Waals surface area contributed by atoms with Gasteiger partial charge in [0.1, 0.15) is 12.4 Å². The summed E-state index contributed by atoms with van der Waals surface area (Å²) in [6.07, 6.45) is 2.92. The third-order valence-corrected chi connectivity index (χ3v) is 3.61. The van der Waals surface area contributed by atoms with Crippen molar-refractivity contribution in [3.05, 3.63) is 29.8 Å². The van der Waals surface area contributed by atoms with Crippen molar-refractivity contribution >= 4 is 16.0 Å². The largest absolute Gasteiger partial charge is 0.382 e. The molecule has 0 atom stereocenters. The topological polar surface area (TPSA) is 72.9 Å². The Bertz CT molecular complexity index is 610. The number of rotatable bonds is 7. The zero-order chi connectivity index (χ0) is 15.5. The highest BCUT2D eigenvalue weighted by Crippen LogP contribution is 2.30. The maximum atomic E-state index is 12.1. The monoisotopic (exact) mass is 313 g/mol. The third kappa shape index (κ3) is 4.71. The summed E-state index contributed by atoms with van der Waals surface area (Å²) >= 11 is 0. The molecule has 0 aliphatic heterocycles. The first-order chi connectivity index (χ1) is 9.90. The van der Waals surface area contributed by atoms with E-state index in [0.717, 1.165) is 19.1 Å². The Morgan fingerprint density at radius 1 is 1.33 bits per heavy atom. The van der Waals surface area contributed by atoms with Crippen LogP contribution in [-0.4, -0.2) is 45.2 Å². The molecular weight excluding hydrogens is 294 g/mol. The molecule has 1 aliphatic rings. The number of methoxy groups -OCH3 is 1. The molecule has 1 amide bonds. The summed E-state index contributed by atoms with van der Waals surface area (Å²) in [7, 11) is -2.12. The number of ether oxygens (including phenoxy) is 1. The highest BCUT2D eigenvalue weighted by atomic mass is 32.2. The van der Waals surface area contributed by atoms with E-state index in [0.29, 0.717) is 12.1 Å². The Labute approximate surface area is 124 Å². The van der Waals surface area contributed by atoms with Crippen LogP contribution in [0.4, 0.5) is 0 Å². The van der Waals surface area contributed by atoms with Crippen molar-refractivity contribution in [2.75, 3.05) is 20.0 Å². The van der Waals surface area contributed by atoms with Crippen molar-refractivity contribution in [2.24, 2.45) is 0 Å². The van der Waals surface area contributed by atoms with Crippen LogP contribution in [0.5, 0.6) is 5.75 Å². The normalized spacial score (nSPS) is 14.8. The molecular formula is C14H19NO5S. The Kier molecular flexibility index (Phi) is 4.84. The molecule has 0 N–H and O–H groups in total. The first-order valence-corrected chi connectivity index (χ1v) is 8.48. The van der Waals surface area contributed by atoms with Crippen LogP contribution in [0.3, 0.4) is 0 Å². The summed E-state index contributed by atoms with van der Waals surface area (Å²) in [5.41, 5.74) is 0.666. The zero-order valence-corrected chi connectivity index (χ0v) is 12.9. The van der Waals surface area contributed by atoms with Crippen LogP contribution in [0.2, 0.25) is 0 Å². The van der Waals surface area contributed by atoms with E-state index in [9.17, 15) is 13.2 Å². The summed E-state index contributed by atoms with van der Waals surface area (Å²) in [5.74, 6) is 0.157. The van der Waals surface area contributed by atoms with Crippen molar-refractivity contribution < 1.29 is 22.1 Å². The van der Waals surface area contributed by atoms with Crippen molar-refractivity contribution in [1.29, 1.82) is 0 Å². The van der Waals surface area contributed by atoms with Crippen molar-refractivity contribution in [1.82, 2.24) is 4.90 Å². The quantitative estimate of drug-likeness (QED) is 0.706. The maximum Gasteiger partial charge on any atom is 0.306 e. The fourth-order valence-corrected chi connectivity index (χ4v) is 2.56. The summed E-state index contributed by atoms with van der Waals surface area (Å²) in [6, 6.07) is 7.04. The number of carbonyl (C=O) groups excluding carboxylic acids is 1. The Morgan fingerprint density at radius 2 is 2.00 bits per heavy atom. The number of amides is 1. The average molecular weight is 313 g/mol. The molecule has 2 rings (SSSR count). The fraction of sp³-hybridized carbons (Fsp3) is 0.500. The van der Waals surface area contributed by atoms with Crippen molar-refractivity contribution in [2.45, 2.75) is 25.4 Å². The number of hydrogen-bond donors (Lipinski definition) is 0. The minimum absolute atomic E-state index is 0.0194. The van der Waals surface area contributed by atoms with Crippen LogP contribution in [-0.2, 0) is 26.2 Å². The molecule has 7 heteroatoms. The van der Waals surface area contributed by atoms with E-state index in [1.807, 2.05) is 0 Å². The summed E-state index contributed by atoms with van der Waals surface area (Å²) in [5, 5.41) is 0. The van der Waals surface area contributed by atoms with Gasteiger partial charge in [-0.3, -0.25) is 4.79 Å². The molecule has 0 spiro atoms. The van der Waals surface area contributed by atoms with Gasteiger partial charge in [0.25, 0.3) is 0 Å². The molecule has 6 nitrogen and oxygen atoms in total. The van der Waals surface area contributed by atoms with Gasteiger partial charge in [-0.15, -0.1) is 0 Å². The van der Waals surface area contributed by atoms with E-state index in [-0.39, 0.29) is 24.3 Å². The molecule has 0 unspecified atom stereocenters. The molecule has 1 fully saturated rings. The van der Waals surface area contributed by atoms with Gasteiger partial charge in [0.05, 0.1) is 6.26 Å². The van der Waals surface area contributed by atoms with Gasteiger partial charge < -0.3 is 13.8 Å². The highest BCUT2D eigenvalue weighted by Gasteiger charge is 2.33. The van der Waals surface area contributed by atoms with Crippen molar-refractivity contribution in [3.63, 3.8) is 0 Å². The molecule has 21 heavy (non-hydrogen) atoms. The molecule has 0 radical (unpaired) electrons. The van der Waals surface area contributed by atoms with Gasteiger partial charge in [-0.1, -0.05) is 18.2 Å². The molecule has 0 heterocycles. The number of carbonyl (C=O) groups is 1. The fourth-order valence-electron chi connectivity index (χ4n) is 2.08. The Hall–Kier alpha value is -1.60. The number of benzene rings is 1. The van der Waals surface area contributed by atoms with Gasteiger partial charge in [0, 0.05) is 25.3 Å². The average Bonchev–Trinajstić information content (AvgIpc) is 3.20. The number of hydrogen-bond acceptors (Lipinski definition) is 5. The molecule has 0 bridgehead atoms. The van der Waals surface area contributed by atoms with Crippen LogP contribution in [0, 0.1) is 0 Å². The molecule has 116 valence electrons. The highest BCUT2D eigenvalue weighted by molar-refractivity contribution is 7.86. The minimum Gasteiger partial charge on any atom is -0.382 e. The third-order valence-electron chi connectivity index (χ3n) is 3.13. The van der Waals surface area contributed by atoms with E-state index in [1.165, 1.54) is 7.11 Å². The first-order valence-electron chi connectivity index (χ1n) is 6.66. The van der Waals surface area contributed by atoms with E-state index < -0.39 is 10.1 Å². The van der Waals surface area contributed by atoms with E-state index in [4.69, 9.17) is 8.92 Å². The minimum atomic E-state index is -3.60. The zero-order valence-electron chi connectivity index (χ0n) is 12.1. The standard InChI is InChI=1S/C14H19NO5S/c1-19-10-14(16)15(12-7-8-12)9-11-5-3-4-6-13(11)20-21(2,17)18/h3-6,12H,7-10H2,1-2H3. The summed E-state index contributed by atoms with van der Waals surface area (Å²) < 4.78 is 32.5. The maximum absolute atomic E-state index is 12.1. The lowest BCUT2D eigenvalue weighted by atomic mass is 10.2. The van der Waals surface area contributed by atoms with E-state index in [2.05, 4.69) is 0 Å². The summed E-state index contributed by atoms with van der Waals surface area (Å²) in [4.78, 5) is 13.8. The molecule has 0 saturated heterocycles. The summed E-state index contributed by atoms with van der Waals surface area (Å²) in [6.45, 7) is 0.337. The smallest absolute Gasteiger partial charge is 0.306 e. The van der Waals surface area contributed by atoms with Gasteiger partial charge >= 0.3 is 10.1 Å². The second-order valence-electron chi connectivity index (χ2n) is 5.08. The SMILES string of the molecule is COCC(=O)N(Cc1ccccc1OS(C)(=O)=O)C1CC1. The lowest BCUT2D eigenvalue weighted by molar-refractivity contribution is -0.136. The lowest BCUT2D eigenvalue weighted by Crippen LogP contribution is -2.35. The molecule has 1 aliphatic carbocycles. The Morgan fingerprint density at radius 3 is 2.57 bits per heavy atom. The van der Waals surface area contributed by atoms with Gasteiger partial charge in [-0.25, -0.2) is 0 Å².